The van der Waals surface area contributed by atoms with Crippen LogP contribution in [0.1, 0.15) is 17.3 Å². The van der Waals surface area contributed by atoms with Gasteiger partial charge in [-0.15, -0.1) is 0 Å². The Bertz CT molecular complexity index is 953. The second-order valence-electron chi connectivity index (χ2n) is 6.08. The van der Waals surface area contributed by atoms with Crippen molar-refractivity contribution in [1.82, 2.24) is 5.32 Å². The van der Waals surface area contributed by atoms with Crippen LogP contribution in [0.4, 0.5) is 11.4 Å². The molecule has 0 heterocycles. The Morgan fingerprint density at radius 3 is 2.38 bits per heavy atom. The standard InChI is InChI=1S/C21H21N3O2/c1-14(23-18-9-5-8-17(13-18)21(26)22-2)20(25)24-19-11-10-15-6-3-4-7-16(15)12-19/h3-14,23H,1-2H3,(H,22,26)(H,24,25)/t14-/m0/s1. The van der Waals surface area contributed by atoms with Crippen molar-refractivity contribution in [3.8, 4) is 0 Å². The third-order valence-corrected chi connectivity index (χ3v) is 4.15. The van der Waals surface area contributed by atoms with Gasteiger partial charge >= 0.3 is 0 Å². The summed E-state index contributed by atoms with van der Waals surface area (Å²) in [5.41, 5.74) is 2.01. The van der Waals surface area contributed by atoms with Crippen LogP contribution in [-0.2, 0) is 4.79 Å². The zero-order valence-electron chi connectivity index (χ0n) is 14.7. The number of anilines is 2. The Kier molecular flexibility index (Phi) is 5.17. The second kappa shape index (κ2) is 7.70. The lowest BCUT2D eigenvalue weighted by atomic mass is 10.1. The molecule has 5 heteroatoms. The average Bonchev–Trinajstić information content (AvgIpc) is 2.67. The average molecular weight is 347 g/mol. The van der Waals surface area contributed by atoms with Crippen molar-refractivity contribution in [3.63, 3.8) is 0 Å². The van der Waals surface area contributed by atoms with Gasteiger partial charge in [0, 0.05) is 24.0 Å². The van der Waals surface area contributed by atoms with Gasteiger partial charge in [-0.05, 0) is 48.0 Å². The molecule has 0 aromatic heterocycles. The van der Waals surface area contributed by atoms with Crippen molar-refractivity contribution in [3.05, 3.63) is 72.3 Å². The Morgan fingerprint density at radius 2 is 1.62 bits per heavy atom. The van der Waals surface area contributed by atoms with Crippen molar-refractivity contribution in [1.29, 1.82) is 0 Å². The maximum atomic E-state index is 12.5. The zero-order valence-corrected chi connectivity index (χ0v) is 14.7. The summed E-state index contributed by atoms with van der Waals surface area (Å²) in [5, 5.41) is 10.8. The highest BCUT2D eigenvalue weighted by Crippen LogP contribution is 2.19. The van der Waals surface area contributed by atoms with E-state index in [4.69, 9.17) is 0 Å². The van der Waals surface area contributed by atoms with Crippen molar-refractivity contribution >= 4 is 34.0 Å². The van der Waals surface area contributed by atoms with Gasteiger partial charge in [0.1, 0.15) is 6.04 Å². The number of hydrogen-bond acceptors (Lipinski definition) is 3. The van der Waals surface area contributed by atoms with Crippen LogP contribution in [0.2, 0.25) is 0 Å². The van der Waals surface area contributed by atoms with E-state index >= 15 is 0 Å². The molecule has 0 spiro atoms. The van der Waals surface area contributed by atoms with Crippen LogP contribution in [0.15, 0.2) is 66.7 Å². The van der Waals surface area contributed by atoms with E-state index in [1.54, 1.807) is 32.2 Å². The van der Waals surface area contributed by atoms with Gasteiger partial charge in [0.15, 0.2) is 0 Å². The first-order valence-electron chi connectivity index (χ1n) is 8.45. The van der Waals surface area contributed by atoms with Crippen molar-refractivity contribution in [2.45, 2.75) is 13.0 Å². The molecule has 3 rings (SSSR count). The number of hydrogen-bond donors (Lipinski definition) is 3. The van der Waals surface area contributed by atoms with Gasteiger partial charge < -0.3 is 16.0 Å². The third-order valence-electron chi connectivity index (χ3n) is 4.15. The SMILES string of the molecule is CNC(=O)c1cccc(N[C@@H](C)C(=O)Nc2ccc3ccccc3c2)c1. The summed E-state index contributed by atoms with van der Waals surface area (Å²) in [6.45, 7) is 1.78. The normalized spacial score (nSPS) is 11.6. The highest BCUT2D eigenvalue weighted by atomic mass is 16.2. The summed E-state index contributed by atoms with van der Waals surface area (Å²) in [4.78, 5) is 24.2. The van der Waals surface area contributed by atoms with E-state index in [1.807, 2.05) is 48.5 Å². The van der Waals surface area contributed by atoms with Crippen LogP contribution >= 0.6 is 0 Å². The molecule has 0 aliphatic carbocycles. The largest absolute Gasteiger partial charge is 0.374 e. The van der Waals surface area contributed by atoms with E-state index < -0.39 is 6.04 Å². The van der Waals surface area contributed by atoms with Crippen LogP contribution in [0, 0.1) is 0 Å². The predicted molar refractivity (Wildman–Crippen MR) is 105 cm³/mol. The first-order chi connectivity index (χ1) is 12.6. The fourth-order valence-electron chi connectivity index (χ4n) is 2.73. The zero-order chi connectivity index (χ0) is 18.5. The molecule has 1 atom stereocenters. The molecule has 0 saturated carbocycles. The van der Waals surface area contributed by atoms with Gasteiger partial charge in [0.25, 0.3) is 5.91 Å². The lowest BCUT2D eigenvalue weighted by Crippen LogP contribution is -2.32. The molecule has 5 nitrogen and oxygen atoms in total. The molecule has 0 saturated heterocycles. The number of carbonyl (C=O) groups excluding carboxylic acids is 2. The van der Waals surface area contributed by atoms with Gasteiger partial charge in [0.2, 0.25) is 5.91 Å². The molecular formula is C21H21N3O2. The fraction of sp³-hybridized carbons (Fsp3) is 0.143. The molecule has 0 aliphatic heterocycles. The highest BCUT2D eigenvalue weighted by Gasteiger charge is 2.14. The van der Waals surface area contributed by atoms with Gasteiger partial charge in [-0.2, -0.15) is 0 Å². The molecule has 26 heavy (non-hydrogen) atoms. The van der Waals surface area contributed by atoms with E-state index in [9.17, 15) is 9.59 Å². The molecule has 0 radical (unpaired) electrons. The lowest BCUT2D eigenvalue weighted by molar-refractivity contribution is -0.116. The van der Waals surface area contributed by atoms with Gasteiger partial charge in [-0.1, -0.05) is 36.4 Å². The summed E-state index contributed by atoms with van der Waals surface area (Å²) in [6, 6.07) is 20.4. The van der Waals surface area contributed by atoms with Crippen LogP contribution < -0.4 is 16.0 Å². The van der Waals surface area contributed by atoms with E-state index in [-0.39, 0.29) is 11.8 Å². The Labute approximate surface area is 152 Å². The van der Waals surface area contributed by atoms with Crippen molar-refractivity contribution < 1.29 is 9.59 Å². The molecule has 0 fully saturated rings. The van der Waals surface area contributed by atoms with Gasteiger partial charge in [-0.3, -0.25) is 9.59 Å². The van der Waals surface area contributed by atoms with E-state index in [2.05, 4.69) is 16.0 Å². The number of fused-ring (bicyclic) bond motifs is 1. The molecule has 3 N–H and O–H groups in total. The molecule has 0 aliphatic rings. The van der Waals surface area contributed by atoms with Crippen molar-refractivity contribution in [2.24, 2.45) is 0 Å². The quantitative estimate of drug-likeness (QED) is 0.660. The summed E-state index contributed by atoms with van der Waals surface area (Å²) in [6.07, 6.45) is 0. The van der Waals surface area contributed by atoms with Crippen LogP contribution in [0.3, 0.4) is 0 Å². The van der Waals surface area contributed by atoms with Crippen molar-refractivity contribution in [2.75, 3.05) is 17.7 Å². The smallest absolute Gasteiger partial charge is 0.251 e. The Hall–Kier alpha value is -3.34. The van der Waals surface area contributed by atoms with E-state index in [1.165, 1.54) is 0 Å². The van der Waals surface area contributed by atoms with E-state index in [0.717, 1.165) is 16.5 Å². The Morgan fingerprint density at radius 1 is 0.846 bits per heavy atom. The minimum atomic E-state index is -0.457. The van der Waals surface area contributed by atoms with Crippen LogP contribution in [0.25, 0.3) is 10.8 Å². The van der Waals surface area contributed by atoms with Gasteiger partial charge in [-0.25, -0.2) is 0 Å². The highest BCUT2D eigenvalue weighted by molar-refractivity contribution is 5.99. The topological polar surface area (TPSA) is 70.2 Å². The molecular weight excluding hydrogens is 326 g/mol. The monoisotopic (exact) mass is 347 g/mol. The molecule has 0 unspecified atom stereocenters. The fourth-order valence-corrected chi connectivity index (χ4v) is 2.73. The first kappa shape index (κ1) is 17.5. The number of carbonyl (C=O) groups is 2. The number of amides is 2. The summed E-state index contributed by atoms with van der Waals surface area (Å²) in [5.74, 6) is -0.312. The summed E-state index contributed by atoms with van der Waals surface area (Å²) in [7, 11) is 1.59. The molecule has 132 valence electrons. The lowest BCUT2D eigenvalue weighted by Gasteiger charge is -2.16. The first-order valence-corrected chi connectivity index (χ1v) is 8.45. The second-order valence-corrected chi connectivity index (χ2v) is 6.08. The molecule has 3 aromatic carbocycles. The molecule has 3 aromatic rings. The molecule has 2 amide bonds. The summed E-state index contributed by atoms with van der Waals surface area (Å²) < 4.78 is 0. The third kappa shape index (κ3) is 4.00. The maximum Gasteiger partial charge on any atom is 0.251 e. The van der Waals surface area contributed by atoms with E-state index in [0.29, 0.717) is 11.3 Å². The number of nitrogens with one attached hydrogen (secondary N) is 3. The van der Waals surface area contributed by atoms with Crippen LogP contribution in [0.5, 0.6) is 0 Å². The molecule has 0 bridgehead atoms. The predicted octanol–water partition coefficient (Wildman–Crippen LogP) is 3.64. The van der Waals surface area contributed by atoms with Crippen LogP contribution in [-0.4, -0.2) is 24.9 Å². The van der Waals surface area contributed by atoms with Gasteiger partial charge in [0.05, 0.1) is 0 Å². The minimum Gasteiger partial charge on any atom is -0.374 e. The summed E-state index contributed by atoms with van der Waals surface area (Å²) >= 11 is 0. The minimum absolute atomic E-state index is 0.148. The Balaban J connectivity index is 1.68. The number of benzene rings is 3. The number of rotatable bonds is 5. The maximum absolute atomic E-state index is 12.5.